The molecule has 0 unspecified atom stereocenters. The fourth-order valence-electron chi connectivity index (χ4n) is 1.82. The number of amides is 1. The number of aromatic nitrogens is 1. The first-order valence-corrected chi connectivity index (χ1v) is 7.52. The summed E-state index contributed by atoms with van der Waals surface area (Å²) < 4.78 is 5.24. The van der Waals surface area contributed by atoms with Crippen molar-refractivity contribution in [3.8, 4) is 10.6 Å². The van der Waals surface area contributed by atoms with Crippen LogP contribution in [0.2, 0.25) is 0 Å². The molecule has 3 heterocycles. The van der Waals surface area contributed by atoms with E-state index in [0.717, 1.165) is 10.6 Å². The normalized spacial score (nSPS) is 15.9. The minimum Gasteiger partial charge on any atom is -0.378 e. The highest BCUT2D eigenvalue weighted by Gasteiger charge is 2.21. The molecule has 0 radical (unpaired) electrons. The average molecular weight is 280 g/mol. The predicted molar refractivity (Wildman–Crippen MR) is 72.1 cm³/mol. The van der Waals surface area contributed by atoms with Crippen LogP contribution in [0, 0.1) is 0 Å². The van der Waals surface area contributed by atoms with Gasteiger partial charge in [-0.1, -0.05) is 0 Å². The van der Waals surface area contributed by atoms with Crippen molar-refractivity contribution in [3.05, 3.63) is 27.9 Å². The topological polar surface area (TPSA) is 42.4 Å². The van der Waals surface area contributed by atoms with Crippen LogP contribution >= 0.6 is 22.7 Å². The van der Waals surface area contributed by atoms with Crippen molar-refractivity contribution >= 4 is 28.6 Å². The quantitative estimate of drug-likeness (QED) is 0.848. The fraction of sp³-hybridized carbons (Fsp3) is 0.333. The number of thiazole rings is 1. The Labute approximate surface area is 113 Å². The molecule has 18 heavy (non-hydrogen) atoms. The van der Waals surface area contributed by atoms with Gasteiger partial charge in [0.05, 0.1) is 13.2 Å². The Morgan fingerprint density at radius 2 is 2.17 bits per heavy atom. The first-order valence-electron chi connectivity index (χ1n) is 5.70. The molecule has 0 bridgehead atoms. The molecule has 1 aliphatic heterocycles. The maximum Gasteiger partial charge on any atom is 0.273 e. The SMILES string of the molecule is O=C(c1csc(-c2ccsc2)n1)N1CCOCC1. The van der Waals surface area contributed by atoms with Gasteiger partial charge < -0.3 is 9.64 Å². The van der Waals surface area contributed by atoms with Gasteiger partial charge in [-0.2, -0.15) is 11.3 Å². The maximum absolute atomic E-state index is 12.2. The third kappa shape index (κ3) is 2.31. The summed E-state index contributed by atoms with van der Waals surface area (Å²) in [6, 6.07) is 2.02. The first kappa shape index (κ1) is 11.8. The number of hydrogen-bond acceptors (Lipinski definition) is 5. The summed E-state index contributed by atoms with van der Waals surface area (Å²) >= 11 is 3.15. The van der Waals surface area contributed by atoms with Crippen LogP contribution in [0.3, 0.4) is 0 Å². The number of thiophene rings is 1. The number of ether oxygens (including phenoxy) is 1. The van der Waals surface area contributed by atoms with Crippen LogP contribution < -0.4 is 0 Å². The van der Waals surface area contributed by atoms with E-state index in [1.165, 1.54) is 11.3 Å². The molecule has 1 saturated heterocycles. The minimum atomic E-state index is 0.0102. The molecule has 3 rings (SSSR count). The predicted octanol–water partition coefficient (Wildman–Crippen LogP) is 2.34. The summed E-state index contributed by atoms with van der Waals surface area (Å²) in [7, 11) is 0. The van der Waals surface area contributed by atoms with Crippen LogP contribution in [-0.2, 0) is 4.74 Å². The summed E-state index contributed by atoms with van der Waals surface area (Å²) in [4.78, 5) is 18.4. The molecule has 1 amide bonds. The Kier molecular flexibility index (Phi) is 3.40. The highest BCUT2D eigenvalue weighted by molar-refractivity contribution is 7.14. The van der Waals surface area contributed by atoms with Gasteiger partial charge >= 0.3 is 0 Å². The highest BCUT2D eigenvalue weighted by atomic mass is 32.1. The van der Waals surface area contributed by atoms with Gasteiger partial charge in [0.15, 0.2) is 0 Å². The van der Waals surface area contributed by atoms with E-state index < -0.39 is 0 Å². The Morgan fingerprint density at radius 3 is 2.89 bits per heavy atom. The second kappa shape index (κ2) is 5.17. The molecule has 4 nitrogen and oxygen atoms in total. The molecule has 0 aliphatic carbocycles. The maximum atomic E-state index is 12.2. The standard InChI is InChI=1S/C12H12N2O2S2/c15-12(14-2-4-16-5-3-14)10-8-18-11(13-10)9-1-6-17-7-9/h1,6-8H,2-5H2. The van der Waals surface area contributed by atoms with Crippen LogP contribution in [-0.4, -0.2) is 42.1 Å². The Hall–Kier alpha value is -1.24. The smallest absolute Gasteiger partial charge is 0.273 e. The molecule has 0 N–H and O–H groups in total. The van der Waals surface area contributed by atoms with Gasteiger partial charge in [0, 0.05) is 29.4 Å². The van der Waals surface area contributed by atoms with E-state index in [0.29, 0.717) is 32.0 Å². The van der Waals surface area contributed by atoms with Crippen molar-refractivity contribution in [1.82, 2.24) is 9.88 Å². The van der Waals surface area contributed by atoms with Crippen molar-refractivity contribution in [2.75, 3.05) is 26.3 Å². The van der Waals surface area contributed by atoms with Crippen LogP contribution in [0.5, 0.6) is 0 Å². The lowest BCUT2D eigenvalue weighted by molar-refractivity contribution is 0.0299. The van der Waals surface area contributed by atoms with Gasteiger partial charge in [-0.25, -0.2) is 4.98 Å². The molecule has 94 valence electrons. The van der Waals surface area contributed by atoms with Gasteiger partial charge in [0.1, 0.15) is 10.7 Å². The van der Waals surface area contributed by atoms with Crippen molar-refractivity contribution < 1.29 is 9.53 Å². The number of carbonyl (C=O) groups excluding carboxylic acids is 1. The van der Waals surface area contributed by atoms with Gasteiger partial charge in [0.2, 0.25) is 0 Å². The molecular formula is C12H12N2O2S2. The van der Waals surface area contributed by atoms with E-state index in [9.17, 15) is 4.79 Å². The zero-order valence-corrected chi connectivity index (χ0v) is 11.3. The number of rotatable bonds is 2. The van der Waals surface area contributed by atoms with E-state index >= 15 is 0 Å². The van der Waals surface area contributed by atoms with E-state index in [1.54, 1.807) is 16.2 Å². The minimum absolute atomic E-state index is 0.0102. The molecule has 0 saturated carbocycles. The molecule has 2 aromatic rings. The molecule has 1 aliphatic rings. The molecule has 0 atom stereocenters. The molecule has 2 aromatic heterocycles. The van der Waals surface area contributed by atoms with E-state index in [2.05, 4.69) is 4.98 Å². The molecule has 1 fully saturated rings. The van der Waals surface area contributed by atoms with Crippen LogP contribution in [0.4, 0.5) is 0 Å². The monoisotopic (exact) mass is 280 g/mol. The second-order valence-corrected chi connectivity index (χ2v) is 5.59. The van der Waals surface area contributed by atoms with E-state index in [-0.39, 0.29) is 5.91 Å². The third-order valence-electron chi connectivity index (χ3n) is 2.79. The second-order valence-electron chi connectivity index (χ2n) is 3.95. The van der Waals surface area contributed by atoms with Crippen LogP contribution in [0.1, 0.15) is 10.5 Å². The van der Waals surface area contributed by atoms with Crippen LogP contribution in [0.25, 0.3) is 10.6 Å². The van der Waals surface area contributed by atoms with E-state index in [4.69, 9.17) is 4.74 Å². The number of morpholine rings is 1. The largest absolute Gasteiger partial charge is 0.378 e. The fourth-order valence-corrected chi connectivity index (χ4v) is 3.33. The summed E-state index contributed by atoms with van der Waals surface area (Å²) in [6.07, 6.45) is 0. The lowest BCUT2D eigenvalue weighted by Gasteiger charge is -2.25. The Morgan fingerprint density at radius 1 is 1.33 bits per heavy atom. The van der Waals surface area contributed by atoms with Crippen molar-refractivity contribution in [2.24, 2.45) is 0 Å². The van der Waals surface area contributed by atoms with Crippen molar-refractivity contribution in [2.45, 2.75) is 0 Å². The molecule has 6 heteroatoms. The molecular weight excluding hydrogens is 268 g/mol. The highest BCUT2D eigenvalue weighted by Crippen LogP contribution is 2.26. The van der Waals surface area contributed by atoms with Gasteiger partial charge in [-0.05, 0) is 11.4 Å². The number of carbonyl (C=O) groups is 1. The van der Waals surface area contributed by atoms with Gasteiger partial charge in [-0.3, -0.25) is 4.79 Å². The average Bonchev–Trinajstić information content (AvgIpc) is 3.09. The lowest BCUT2D eigenvalue weighted by atomic mass is 10.3. The molecule has 0 aromatic carbocycles. The van der Waals surface area contributed by atoms with Crippen LogP contribution in [0.15, 0.2) is 22.2 Å². The number of nitrogens with zero attached hydrogens (tertiary/aromatic N) is 2. The lowest BCUT2D eigenvalue weighted by Crippen LogP contribution is -2.40. The first-order chi connectivity index (χ1) is 8.84. The van der Waals surface area contributed by atoms with Crippen molar-refractivity contribution in [1.29, 1.82) is 0 Å². The summed E-state index contributed by atoms with van der Waals surface area (Å²) in [5.41, 5.74) is 1.63. The number of hydrogen-bond donors (Lipinski definition) is 0. The Balaban J connectivity index is 1.78. The summed E-state index contributed by atoms with van der Waals surface area (Å²) in [5, 5.41) is 6.81. The van der Waals surface area contributed by atoms with Gasteiger partial charge in [-0.15, -0.1) is 11.3 Å². The van der Waals surface area contributed by atoms with Gasteiger partial charge in [0.25, 0.3) is 5.91 Å². The zero-order valence-electron chi connectivity index (χ0n) is 9.67. The zero-order chi connectivity index (χ0) is 12.4. The van der Waals surface area contributed by atoms with Crippen molar-refractivity contribution in [3.63, 3.8) is 0 Å². The molecule has 0 spiro atoms. The summed E-state index contributed by atoms with van der Waals surface area (Å²) in [6.45, 7) is 2.55. The van der Waals surface area contributed by atoms with E-state index in [1.807, 2.05) is 22.2 Å². The Bertz CT molecular complexity index is 530. The third-order valence-corrected chi connectivity index (χ3v) is 4.36. The summed E-state index contributed by atoms with van der Waals surface area (Å²) in [5.74, 6) is 0.0102.